The van der Waals surface area contributed by atoms with Crippen molar-refractivity contribution in [2.45, 2.75) is 25.6 Å². The van der Waals surface area contributed by atoms with Crippen LogP contribution in [0, 0.1) is 6.92 Å². The number of nitrogens with zero attached hydrogens (tertiary/aromatic N) is 2. The molecule has 0 saturated carbocycles. The number of H-pyrrole nitrogens is 1. The smallest absolute Gasteiger partial charge is 0.475 e. The largest absolute Gasteiger partial charge is 0.490 e. The van der Waals surface area contributed by atoms with Gasteiger partial charge >= 0.3 is 12.1 Å². The Hall–Kier alpha value is -3.41. The third kappa shape index (κ3) is 4.76. The summed E-state index contributed by atoms with van der Waals surface area (Å²) in [5.41, 5.74) is 2.33. The summed E-state index contributed by atoms with van der Waals surface area (Å²) < 4.78 is 37.4. The van der Waals surface area contributed by atoms with Crippen LogP contribution in [0.25, 0.3) is 10.9 Å². The van der Waals surface area contributed by atoms with Crippen LogP contribution in [0.3, 0.4) is 0 Å². The fourth-order valence-electron chi connectivity index (χ4n) is 2.71. The zero-order valence-electron chi connectivity index (χ0n) is 15.7. The second kappa shape index (κ2) is 8.53. The maximum absolute atomic E-state index is 12.4. The first kappa shape index (κ1) is 21.3. The van der Waals surface area contributed by atoms with E-state index in [1.54, 1.807) is 13.1 Å². The fraction of sp³-hybridized carbons (Fsp3) is 0.333. The molecule has 0 bridgehead atoms. The first-order valence-corrected chi connectivity index (χ1v) is 8.84. The number of halogens is 3. The molecule has 160 valence electrons. The van der Waals surface area contributed by atoms with E-state index < -0.39 is 12.1 Å². The molecule has 0 radical (unpaired) electrons. The van der Waals surface area contributed by atoms with Gasteiger partial charge in [-0.3, -0.25) is 9.89 Å². The number of oxazole rings is 1. The lowest BCUT2D eigenvalue weighted by Gasteiger charge is -2.23. The molecule has 1 saturated heterocycles. The van der Waals surface area contributed by atoms with Gasteiger partial charge in [0, 0.05) is 25.0 Å². The second-order valence-corrected chi connectivity index (χ2v) is 6.55. The van der Waals surface area contributed by atoms with Gasteiger partial charge in [-0.15, -0.1) is 0 Å². The molecule has 2 aromatic heterocycles. The van der Waals surface area contributed by atoms with Crippen LogP contribution in [-0.4, -0.2) is 51.4 Å². The number of carboxylic acid groups (broad SMARTS) is 1. The lowest BCUT2D eigenvalue weighted by molar-refractivity contribution is -0.192. The quantitative estimate of drug-likeness (QED) is 0.503. The van der Waals surface area contributed by atoms with Crippen LogP contribution < -0.4 is 10.6 Å². The van der Waals surface area contributed by atoms with Gasteiger partial charge in [0.15, 0.2) is 5.69 Å². The molecule has 0 spiro atoms. The summed E-state index contributed by atoms with van der Waals surface area (Å²) in [4.78, 5) is 25.6. The van der Waals surface area contributed by atoms with Gasteiger partial charge < -0.3 is 20.2 Å². The highest BCUT2D eigenvalue weighted by molar-refractivity contribution is 5.93. The minimum absolute atomic E-state index is 0.217. The number of aromatic amines is 1. The number of aryl methyl sites for hydroxylation is 1. The molecule has 4 rings (SSSR count). The number of aromatic nitrogens is 3. The van der Waals surface area contributed by atoms with E-state index in [4.69, 9.17) is 14.3 Å². The highest BCUT2D eigenvalue weighted by Crippen LogP contribution is 2.22. The van der Waals surface area contributed by atoms with Crippen LogP contribution in [0.2, 0.25) is 0 Å². The van der Waals surface area contributed by atoms with Gasteiger partial charge in [0.1, 0.15) is 5.76 Å². The molecule has 1 aromatic carbocycles. The van der Waals surface area contributed by atoms with Crippen LogP contribution in [0.4, 0.5) is 13.2 Å². The molecule has 0 aliphatic carbocycles. The van der Waals surface area contributed by atoms with Crippen LogP contribution in [0.1, 0.15) is 33.6 Å². The molecule has 3 heterocycles. The van der Waals surface area contributed by atoms with Gasteiger partial charge in [-0.05, 0) is 18.6 Å². The first-order valence-electron chi connectivity index (χ1n) is 8.84. The van der Waals surface area contributed by atoms with Crippen LogP contribution in [0.15, 0.2) is 28.8 Å². The maximum Gasteiger partial charge on any atom is 0.490 e. The van der Waals surface area contributed by atoms with Crippen molar-refractivity contribution in [2.24, 2.45) is 0 Å². The van der Waals surface area contributed by atoms with Crippen molar-refractivity contribution >= 4 is 22.8 Å². The highest BCUT2D eigenvalue weighted by Gasteiger charge is 2.38. The van der Waals surface area contributed by atoms with Crippen LogP contribution in [-0.2, 0) is 11.3 Å². The average molecular weight is 425 g/mol. The number of carbonyl (C=O) groups is 2. The number of fused-ring (bicyclic) bond motifs is 1. The summed E-state index contributed by atoms with van der Waals surface area (Å²) in [7, 11) is 0. The zero-order chi connectivity index (χ0) is 21.9. The van der Waals surface area contributed by atoms with E-state index in [2.05, 4.69) is 25.8 Å². The lowest BCUT2D eigenvalue weighted by atomic mass is 10.0. The summed E-state index contributed by atoms with van der Waals surface area (Å²) in [6.07, 6.45) is -3.32. The van der Waals surface area contributed by atoms with Crippen molar-refractivity contribution in [1.82, 2.24) is 25.8 Å². The predicted octanol–water partition coefficient (Wildman–Crippen LogP) is 2.11. The Morgan fingerprint density at radius 1 is 1.33 bits per heavy atom. The Morgan fingerprint density at radius 2 is 2.03 bits per heavy atom. The molecule has 12 heteroatoms. The van der Waals surface area contributed by atoms with E-state index in [-0.39, 0.29) is 11.8 Å². The molecule has 30 heavy (non-hydrogen) atoms. The molecule has 1 fully saturated rings. The first-order chi connectivity index (χ1) is 14.2. The minimum atomic E-state index is -5.08. The van der Waals surface area contributed by atoms with Crippen molar-refractivity contribution in [3.05, 3.63) is 47.3 Å². The van der Waals surface area contributed by atoms with E-state index in [0.29, 0.717) is 23.9 Å². The van der Waals surface area contributed by atoms with E-state index >= 15 is 0 Å². The number of amides is 1. The van der Waals surface area contributed by atoms with Crippen molar-refractivity contribution < 1.29 is 32.3 Å². The van der Waals surface area contributed by atoms with E-state index in [0.717, 1.165) is 29.6 Å². The van der Waals surface area contributed by atoms with E-state index in [1.807, 2.05) is 18.2 Å². The summed E-state index contributed by atoms with van der Waals surface area (Å²) in [5, 5.41) is 21.2. The van der Waals surface area contributed by atoms with Crippen LogP contribution >= 0.6 is 0 Å². The van der Waals surface area contributed by atoms with Crippen molar-refractivity contribution in [2.75, 3.05) is 13.1 Å². The maximum atomic E-state index is 12.4. The minimum Gasteiger partial charge on any atom is -0.475 e. The molecule has 0 atom stereocenters. The summed E-state index contributed by atoms with van der Waals surface area (Å²) >= 11 is 0. The number of carboxylic acids is 1. The number of nitrogens with one attached hydrogen (secondary N) is 3. The Morgan fingerprint density at radius 3 is 2.63 bits per heavy atom. The third-order valence-corrected chi connectivity index (χ3v) is 4.42. The van der Waals surface area contributed by atoms with Gasteiger partial charge in [-0.1, -0.05) is 12.1 Å². The van der Waals surface area contributed by atoms with Gasteiger partial charge in [-0.2, -0.15) is 18.3 Å². The molecule has 1 aliphatic rings. The molecule has 3 aromatic rings. The van der Waals surface area contributed by atoms with Crippen molar-refractivity contribution in [3.63, 3.8) is 0 Å². The molecule has 4 N–H and O–H groups in total. The standard InChI is InChI=1S/C16H17N5O2.C2HF3O2/c1-9-14(20-16(23-9)11-5-17-6-11)15(22)18-7-10-3-2-4-13-12(10)8-19-21-13;3-2(4,5)1(6)7/h2-4,8,11,17H,5-7H2,1H3,(H,18,22)(H,19,21);(H,6,7). The second-order valence-electron chi connectivity index (χ2n) is 6.55. The number of rotatable bonds is 4. The number of hydrogen-bond donors (Lipinski definition) is 4. The molecule has 1 aliphatic heterocycles. The van der Waals surface area contributed by atoms with E-state index in [1.165, 1.54) is 0 Å². The predicted molar refractivity (Wildman–Crippen MR) is 97.8 cm³/mol. The van der Waals surface area contributed by atoms with Crippen LogP contribution in [0.5, 0.6) is 0 Å². The molecule has 9 nitrogen and oxygen atoms in total. The zero-order valence-corrected chi connectivity index (χ0v) is 15.7. The van der Waals surface area contributed by atoms with E-state index in [9.17, 15) is 18.0 Å². The van der Waals surface area contributed by atoms with Gasteiger partial charge in [0.2, 0.25) is 5.89 Å². The lowest BCUT2D eigenvalue weighted by Crippen LogP contribution is -2.40. The number of hydrogen-bond acceptors (Lipinski definition) is 6. The summed E-state index contributed by atoms with van der Waals surface area (Å²) in [5.74, 6) is -1.50. The fourth-order valence-corrected chi connectivity index (χ4v) is 2.71. The third-order valence-electron chi connectivity index (χ3n) is 4.42. The average Bonchev–Trinajstić information content (AvgIpc) is 3.25. The normalized spacial score (nSPS) is 14.0. The van der Waals surface area contributed by atoms with Crippen molar-refractivity contribution in [1.29, 1.82) is 0 Å². The Labute approximate surface area is 167 Å². The SMILES string of the molecule is Cc1oc(C2CNC2)nc1C(=O)NCc1cccc2[nH]ncc12.O=C(O)C(F)(F)F. The molecular formula is C18H18F3N5O4. The molecule has 0 unspecified atom stereocenters. The summed E-state index contributed by atoms with van der Waals surface area (Å²) in [6.45, 7) is 3.89. The Balaban J connectivity index is 0.000000318. The van der Waals surface area contributed by atoms with Gasteiger partial charge in [0.25, 0.3) is 5.91 Å². The Kier molecular flexibility index (Phi) is 6.06. The van der Waals surface area contributed by atoms with Gasteiger partial charge in [0.05, 0.1) is 17.6 Å². The van der Waals surface area contributed by atoms with Crippen molar-refractivity contribution in [3.8, 4) is 0 Å². The summed E-state index contributed by atoms with van der Waals surface area (Å²) in [6, 6.07) is 5.86. The monoisotopic (exact) mass is 425 g/mol. The molecule has 1 amide bonds. The van der Waals surface area contributed by atoms with Gasteiger partial charge in [-0.25, -0.2) is 9.78 Å². The Bertz CT molecular complexity index is 1060. The number of alkyl halides is 3. The number of aliphatic carboxylic acids is 1. The highest BCUT2D eigenvalue weighted by atomic mass is 19.4. The number of benzene rings is 1. The molecular weight excluding hydrogens is 407 g/mol. The topological polar surface area (TPSA) is 133 Å². The number of carbonyl (C=O) groups excluding carboxylic acids is 1.